The molecule has 0 aliphatic heterocycles. The van der Waals surface area contributed by atoms with Crippen molar-refractivity contribution in [2.75, 3.05) is 18.4 Å². The molecule has 0 aliphatic carbocycles. The smallest absolute Gasteiger partial charge is 0.202 e. The van der Waals surface area contributed by atoms with Crippen LogP contribution in [0.3, 0.4) is 0 Å². The number of hydrogen-bond acceptors (Lipinski definition) is 3. The lowest BCUT2D eigenvalue weighted by molar-refractivity contribution is 0.349. The Hall–Kier alpha value is -1.03. The number of nitrogens with two attached hydrogens (primary N) is 1. The monoisotopic (exact) mass is 210 g/mol. The Morgan fingerprint density at radius 3 is 2.80 bits per heavy atom. The Morgan fingerprint density at radius 1 is 1.53 bits per heavy atom. The molecule has 4 heteroatoms. The predicted molar refractivity (Wildman–Crippen MR) is 63.8 cm³/mol. The van der Waals surface area contributed by atoms with E-state index in [1.165, 1.54) is 0 Å². The summed E-state index contributed by atoms with van der Waals surface area (Å²) in [6.45, 7) is 6.20. The molecule has 0 saturated heterocycles. The molecular formula is C11H22N4. The summed E-state index contributed by atoms with van der Waals surface area (Å²) in [5.41, 5.74) is 5.78. The number of nitrogens with zero attached hydrogens (tertiary/aromatic N) is 2. The van der Waals surface area contributed by atoms with Gasteiger partial charge in [-0.1, -0.05) is 13.8 Å². The Morgan fingerprint density at radius 2 is 2.27 bits per heavy atom. The second-order valence-electron chi connectivity index (χ2n) is 4.77. The molecule has 0 bridgehead atoms. The van der Waals surface area contributed by atoms with Crippen molar-refractivity contribution in [3.05, 3.63) is 12.4 Å². The molecule has 0 aromatic carbocycles. The van der Waals surface area contributed by atoms with E-state index in [0.29, 0.717) is 0 Å². The zero-order valence-electron chi connectivity index (χ0n) is 9.95. The van der Waals surface area contributed by atoms with E-state index in [1.807, 2.05) is 17.8 Å². The van der Waals surface area contributed by atoms with Crippen molar-refractivity contribution < 1.29 is 0 Å². The topological polar surface area (TPSA) is 55.9 Å². The molecule has 1 rings (SSSR count). The van der Waals surface area contributed by atoms with Gasteiger partial charge in [0.15, 0.2) is 0 Å². The van der Waals surface area contributed by atoms with Crippen LogP contribution in [0.15, 0.2) is 12.4 Å². The molecule has 0 amide bonds. The normalized spacial score (nSPS) is 11.7. The molecule has 0 saturated carbocycles. The summed E-state index contributed by atoms with van der Waals surface area (Å²) < 4.78 is 1.99. The van der Waals surface area contributed by atoms with E-state index in [2.05, 4.69) is 24.1 Å². The van der Waals surface area contributed by atoms with Crippen LogP contribution >= 0.6 is 0 Å². The average molecular weight is 210 g/mol. The molecule has 0 atom stereocenters. The van der Waals surface area contributed by atoms with Crippen molar-refractivity contribution in [2.45, 2.75) is 26.7 Å². The zero-order chi connectivity index (χ0) is 11.3. The van der Waals surface area contributed by atoms with Gasteiger partial charge in [-0.05, 0) is 24.8 Å². The number of imidazole rings is 1. The van der Waals surface area contributed by atoms with Crippen LogP contribution in [0.4, 0.5) is 5.95 Å². The van der Waals surface area contributed by atoms with Crippen molar-refractivity contribution in [1.29, 1.82) is 0 Å². The molecule has 1 heterocycles. The number of hydrogen-bond donors (Lipinski definition) is 2. The summed E-state index contributed by atoms with van der Waals surface area (Å²) in [5, 5.41) is 3.35. The van der Waals surface area contributed by atoms with E-state index >= 15 is 0 Å². The third-order valence-corrected chi connectivity index (χ3v) is 2.60. The van der Waals surface area contributed by atoms with Crippen LogP contribution in [0.2, 0.25) is 0 Å². The highest BCUT2D eigenvalue weighted by molar-refractivity contribution is 5.25. The van der Waals surface area contributed by atoms with E-state index in [-0.39, 0.29) is 5.41 Å². The summed E-state index contributed by atoms with van der Waals surface area (Å²) in [4.78, 5) is 4.23. The van der Waals surface area contributed by atoms with Crippen LogP contribution in [-0.4, -0.2) is 22.6 Å². The fraction of sp³-hybridized carbons (Fsp3) is 0.727. The highest BCUT2D eigenvalue weighted by Crippen LogP contribution is 2.22. The lowest BCUT2D eigenvalue weighted by atomic mass is 9.88. The Labute approximate surface area is 91.9 Å². The van der Waals surface area contributed by atoms with Gasteiger partial charge in [0.1, 0.15) is 0 Å². The third-order valence-electron chi connectivity index (χ3n) is 2.60. The predicted octanol–water partition coefficient (Wildman–Crippen LogP) is 1.60. The standard InChI is InChI=1S/C11H22N4/c1-11(2,5-4-6-12)9-14-10-13-7-8-15(10)3/h7-8H,4-6,9,12H2,1-3H3,(H,13,14). The average Bonchev–Trinajstić information content (AvgIpc) is 2.58. The van der Waals surface area contributed by atoms with Crippen LogP contribution < -0.4 is 11.1 Å². The molecule has 15 heavy (non-hydrogen) atoms. The maximum atomic E-state index is 5.51. The zero-order valence-corrected chi connectivity index (χ0v) is 9.95. The Balaban J connectivity index is 2.39. The molecule has 86 valence electrons. The first-order valence-corrected chi connectivity index (χ1v) is 5.46. The van der Waals surface area contributed by atoms with Crippen molar-refractivity contribution in [3.63, 3.8) is 0 Å². The highest BCUT2D eigenvalue weighted by atomic mass is 15.2. The Kier molecular flexibility index (Phi) is 4.15. The van der Waals surface area contributed by atoms with Gasteiger partial charge in [-0.25, -0.2) is 4.98 Å². The van der Waals surface area contributed by atoms with Crippen molar-refractivity contribution in [2.24, 2.45) is 18.2 Å². The van der Waals surface area contributed by atoms with Crippen molar-refractivity contribution >= 4 is 5.95 Å². The molecule has 1 aromatic heterocycles. The summed E-state index contributed by atoms with van der Waals surface area (Å²) in [6, 6.07) is 0. The van der Waals surface area contributed by atoms with Gasteiger partial charge in [0.2, 0.25) is 5.95 Å². The first-order chi connectivity index (χ1) is 7.05. The molecule has 0 radical (unpaired) electrons. The van der Waals surface area contributed by atoms with Crippen LogP contribution in [0.25, 0.3) is 0 Å². The number of anilines is 1. The van der Waals surface area contributed by atoms with Crippen LogP contribution in [0.5, 0.6) is 0 Å². The first kappa shape index (κ1) is 12.0. The molecule has 0 aliphatic rings. The molecule has 1 aromatic rings. The van der Waals surface area contributed by atoms with E-state index in [0.717, 1.165) is 31.9 Å². The molecule has 0 unspecified atom stereocenters. The fourth-order valence-corrected chi connectivity index (χ4v) is 1.52. The second-order valence-corrected chi connectivity index (χ2v) is 4.77. The molecule has 3 N–H and O–H groups in total. The molecule has 0 spiro atoms. The fourth-order valence-electron chi connectivity index (χ4n) is 1.52. The molecular weight excluding hydrogens is 188 g/mol. The van der Waals surface area contributed by atoms with E-state index in [4.69, 9.17) is 5.73 Å². The van der Waals surface area contributed by atoms with Gasteiger partial charge in [-0.15, -0.1) is 0 Å². The van der Waals surface area contributed by atoms with Gasteiger partial charge >= 0.3 is 0 Å². The number of aryl methyl sites for hydroxylation is 1. The minimum atomic E-state index is 0.269. The van der Waals surface area contributed by atoms with E-state index < -0.39 is 0 Å². The largest absolute Gasteiger partial charge is 0.355 e. The van der Waals surface area contributed by atoms with E-state index in [1.54, 1.807) is 6.20 Å². The highest BCUT2D eigenvalue weighted by Gasteiger charge is 2.17. The first-order valence-electron chi connectivity index (χ1n) is 5.46. The van der Waals surface area contributed by atoms with Gasteiger partial charge in [0, 0.05) is 26.0 Å². The third kappa shape index (κ3) is 3.91. The van der Waals surface area contributed by atoms with Gasteiger partial charge in [0.25, 0.3) is 0 Å². The number of nitrogens with one attached hydrogen (secondary N) is 1. The lowest BCUT2D eigenvalue weighted by Gasteiger charge is -2.24. The summed E-state index contributed by atoms with van der Waals surface area (Å²) in [6.07, 6.45) is 5.96. The van der Waals surface area contributed by atoms with Crippen molar-refractivity contribution in [3.8, 4) is 0 Å². The van der Waals surface area contributed by atoms with Gasteiger partial charge in [0.05, 0.1) is 0 Å². The summed E-state index contributed by atoms with van der Waals surface area (Å²) >= 11 is 0. The molecule has 4 nitrogen and oxygen atoms in total. The lowest BCUT2D eigenvalue weighted by Crippen LogP contribution is -2.25. The quantitative estimate of drug-likeness (QED) is 0.750. The van der Waals surface area contributed by atoms with Crippen molar-refractivity contribution in [1.82, 2.24) is 9.55 Å². The SMILES string of the molecule is Cn1ccnc1NCC(C)(C)CCCN. The van der Waals surface area contributed by atoms with Gasteiger partial charge in [-0.3, -0.25) is 0 Å². The summed E-state index contributed by atoms with van der Waals surface area (Å²) in [7, 11) is 1.99. The van der Waals surface area contributed by atoms with Crippen LogP contribution in [0, 0.1) is 5.41 Å². The van der Waals surface area contributed by atoms with Crippen LogP contribution in [-0.2, 0) is 7.05 Å². The maximum Gasteiger partial charge on any atom is 0.202 e. The van der Waals surface area contributed by atoms with E-state index in [9.17, 15) is 0 Å². The van der Waals surface area contributed by atoms with Gasteiger partial charge < -0.3 is 15.6 Å². The van der Waals surface area contributed by atoms with Crippen LogP contribution in [0.1, 0.15) is 26.7 Å². The van der Waals surface area contributed by atoms with Gasteiger partial charge in [-0.2, -0.15) is 0 Å². The second kappa shape index (κ2) is 5.16. The number of rotatable bonds is 6. The minimum Gasteiger partial charge on any atom is -0.355 e. The molecule has 0 fully saturated rings. The summed E-state index contributed by atoms with van der Waals surface area (Å²) in [5.74, 6) is 0.927. The number of aromatic nitrogens is 2. The maximum absolute atomic E-state index is 5.51. The minimum absolute atomic E-state index is 0.269. The Bertz CT molecular complexity index is 291.